The molecule has 1 heteroatoms. The molecule has 19 heavy (non-hydrogen) atoms. The lowest BCUT2D eigenvalue weighted by Gasteiger charge is -2.20. The molecule has 2 aliphatic rings. The van der Waals surface area contributed by atoms with Gasteiger partial charge in [0.1, 0.15) is 0 Å². The average Bonchev–Trinajstić information content (AvgIpc) is 2.99. The highest BCUT2D eigenvalue weighted by molar-refractivity contribution is 5.65. The van der Waals surface area contributed by atoms with Crippen molar-refractivity contribution >= 4 is 6.21 Å². The van der Waals surface area contributed by atoms with Crippen LogP contribution in [0, 0.1) is 5.92 Å². The highest BCUT2D eigenvalue weighted by Gasteiger charge is 2.11. The first-order chi connectivity index (χ1) is 9.45. The van der Waals surface area contributed by atoms with E-state index in [2.05, 4.69) is 17.1 Å². The predicted octanol–water partition coefficient (Wildman–Crippen LogP) is 6.07. The molecule has 0 aromatic heterocycles. The minimum atomic E-state index is 1.03. The van der Waals surface area contributed by atoms with Crippen LogP contribution in [0.3, 0.4) is 0 Å². The average molecular weight is 261 g/mol. The summed E-state index contributed by atoms with van der Waals surface area (Å²) in [5.74, 6) is 1.03. The highest BCUT2D eigenvalue weighted by atomic mass is 14.7. The zero-order chi connectivity index (χ0) is 13.8. The monoisotopic (exact) mass is 261 g/mol. The van der Waals surface area contributed by atoms with Gasteiger partial charge in [0, 0.05) is 18.8 Å². The van der Waals surface area contributed by atoms with E-state index in [9.17, 15) is 0 Å². The molecule has 2 rings (SSSR count). The fourth-order valence-corrected chi connectivity index (χ4v) is 2.86. The Balaban J connectivity index is 0.000000861. The zero-order valence-electron chi connectivity index (χ0n) is 12.9. The van der Waals surface area contributed by atoms with E-state index in [1.165, 1.54) is 63.4 Å². The fourth-order valence-electron chi connectivity index (χ4n) is 2.86. The highest BCUT2D eigenvalue weighted by Crippen LogP contribution is 2.27. The summed E-state index contributed by atoms with van der Waals surface area (Å²) in [5, 5.41) is 0. The van der Waals surface area contributed by atoms with Crippen LogP contribution in [0.4, 0.5) is 0 Å². The summed E-state index contributed by atoms with van der Waals surface area (Å²) < 4.78 is 0. The maximum Gasteiger partial charge on any atom is 0.0259 e. The molecule has 0 unspecified atom stereocenters. The Hall–Kier alpha value is -0.850. The van der Waals surface area contributed by atoms with Crippen LogP contribution >= 0.6 is 0 Å². The van der Waals surface area contributed by atoms with Crippen molar-refractivity contribution in [3.05, 3.63) is 23.9 Å². The summed E-state index contributed by atoms with van der Waals surface area (Å²) in [7, 11) is 0. The largest absolute Gasteiger partial charge is 0.269 e. The standard InChI is InChI=1S/C16H25N.C2H6/c1(2-5-11-16-12-13-17-14-16)4-8-15-9-6-3-7-10-15;1-2/h1-2,13-15H,3-12H2;1-2H3/b2-1+;. The Kier molecular flexibility index (Phi) is 9.40. The van der Waals surface area contributed by atoms with Crippen molar-refractivity contribution in [2.24, 2.45) is 10.9 Å². The molecule has 0 bridgehead atoms. The third-order valence-corrected chi connectivity index (χ3v) is 3.98. The van der Waals surface area contributed by atoms with Crippen LogP contribution in [-0.4, -0.2) is 6.21 Å². The maximum atomic E-state index is 4.13. The van der Waals surface area contributed by atoms with Gasteiger partial charge < -0.3 is 0 Å². The van der Waals surface area contributed by atoms with Gasteiger partial charge in [-0.05, 0) is 37.2 Å². The Morgan fingerprint density at radius 1 is 1.11 bits per heavy atom. The van der Waals surface area contributed by atoms with Crippen LogP contribution in [-0.2, 0) is 0 Å². The van der Waals surface area contributed by atoms with Crippen molar-refractivity contribution in [1.29, 1.82) is 0 Å². The second-order valence-electron chi connectivity index (χ2n) is 5.41. The number of hydrogen-bond donors (Lipinski definition) is 0. The van der Waals surface area contributed by atoms with Crippen molar-refractivity contribution in [3.63, 3.8) is 0 Å². The smallest absolute Gasteiger partial charge is 0.0259 e. The van der Waals surface area contributed by atoms with E-state index in [1.54, 1.807) is 0 Å². The van der Waals surface area contributed by atoms with E-state index in [0.29, 0.717) is 0 Å². The second-order valence-corrected chi connectivity index (χ2v) is 5.41. The predicted molar refractivity (Wildman–Crippen MR) is 86.7 cm³/mol. The van der Waals surface area contributed by atoms with Crippen molar-refractivity contribution in [1.82, 2.24) is 0 Å². The number of hydrogen-bond acceptors (Lipinski definition) is 1. The summed E-state index contributed by atoms with van der Waals surface area (Å²) >= 11 is 0. The molecular weight excluding hydrogens is 230 g/mol. The molecule has 1 heterocycles. The molecule has 0 atom stereocenters. The third kappa shape index (κ3) is 7.34. The second kappa shape index (κ2) is 11.0. The molecular formula is C18H31N. The van der Waals surface area contributed by atoms with Gasteiger partial charge in [0.25, 0.3) is 0 Å². The van der Waals surface area contributed by atoms with Crippen molar-refractivity contribution < 1.29 is 0 Å². The third-order valence-electron chi connectivity index (χ3n) is 3.98. The lowest BCUT2D eigenvalue weighted by molar-refractivity contribution is 0.341. The van der Waals surface area contributed by atoms with Gasteiger partial charge in [-0.3, -0.25) is 4.99 Å². The van der Waals surface area contributed by atoms with Crippen LogP contribution in [0.15, 0.2) is 28.9 Å². The van der Waals surface area contributed by atoms with Gasteiger partial charge >= 0.3 is 0 Å². The van der Waals surface area contributed by atoms with E-state index >= 15 is 0 Å². The van der Waals surface area contributed by atoms with E-state index in [1.807, 2.05) is 26.3 Å². The molecule has 1 aliphatic carbocycles. The van der Waals surface area contributed by atoms with Crippen LogP contribution in [0.1, 0.15) is 78.1 Å². The van der Waals surface area contributed by atoms with Gasteiger partial charge in [-0.1, -0.05) is 58.1 Å². The summed E-state index contributed by atoms with van der Waals surface area (Å²) in [6, 6.07) is 0. The van der Waals surface area contributed by atoms with Gasteiger partial charge in [-0.25, -0.2) is 0 Å². The van der Waals surface area contributed by atoms with Crippen molar-refractivity contribution in [2.75, 3.05) is 0 Å². The minimum Gasteiger partial charge on any atom is -0.269 e. The Morgan fingerprint density at radius 3 is 2.53 bits per heavy atom. The lowest BCUT2D eigenvalue weighted by Crippen LogP contribution is -2.05. The molecule has 0 spiro atoms. The quantitative estimate of drug-likeness (QED) is 0.515. The molecule has 1 aliphatic heterocycles. The molecule has 0 amide bonds. The lowest BCUT2D eigenvalue weighted by atomic mass is 9.86. The minimum absolute atomic E-state index is 1.03. The molecule has 0 radical (unpaired) electrons. The Bertz CT molecular complexity index is 293. The van der Waals surface area contributed by atoms with Gasteiger partial charge in [0.15, 0.2) is 0 Å². The summed E-state index contributed by atoms with van der Waals surface area (Å²) in [6.07, 6.45) is 22.4. The van der Waals surface area contributed by atoms with Gasteiger partial charge in [0.2, 0.25) is 0 Å². The normalized spacial score (nSPS) is 19.4. The maximum absolute atomic E-state index is 4.13. The summed E-state index contributed by atoms with van der Waals surface area (Å²) in [5.41, 5.74) is 1.49. The SMILES string of the molecule is C1=NC=C(CC/C=C/CCC2CCCCC2)C1.CC. The number of aliphatic imine (C=N–C) groups is 1. The summed E-state index contributed by atoms with van der Waals surface area (Å²) in [6.45, 7) is 4.00. The Labute approximate surface area is 119 Å². The van der Waals surface area contributed by atoms with Crippen LogP contribution in [0.2, 0.25) is 0 Å². The first-order valence-electron chi connectivity index (χ1n) is 8.30. The molecule has 108 valence electrons. The number of allylic oxidation sites excluding steroid dienone is 3. The first kappa shape index (κ1) is 16.2. The fraction of sp³-hybridized carbons (Fsp3) is 0.722. The molecule has 0 saturated heterocycles. The van der Waals surface area contributed by atoms with Gasteiger partial charge in [-0.2, -0.15) is 0 Å². The summed E-state index contributed by atoms with van der Waals surface area (Å²) in [4.78, 5) is 4.13. The van der Waals surface area contributed by atoms with Crippen LogP contribution in [0.5, 0.6) is 0 Å². The molecule has 1 saturated carbocycles. The van der Waals surface area contributed by atoms with E-state index in [0.717, 1.165) is 12.3 Å². The molecule has 0 aromatic carbocycles. The van der Waals surface area contributed by atoms with E-state index < -0.39 is 0 Å². The topological polar surface area (TPSA) is 12.4 Å². The van der Waals surface area contributed by atoms with E-state index in [4.69, 9.17) is 0 Å². The number of rotatable bonds is 6. The van der Waals surface area contributed by atoms with Crippen molar-refractivity contribution in [2.45, 2.75) is 78.1 Å². The molecule has 1 nitrogen and oxygen atoms in total. The van der Waals surface area contributed by atoms with Crippen LogP contribution in [0.25, 0.3) is 0 Å². The van der Waals surface area contributed by atoms with Gasteiger partial charge in [-0.15, -0.1) is 0 Å². The number of nitrogens with zero attached hydrogens (tertiary/aromatic N) is 1. The Morgan fingerprint density at radius 2 is 1.84 bits per heavy atom. The molecule has 0 N–H and O–H groups in total. The first-order valence-corrected chi connectivity index (χ1v) is 8.30. The van der Waals surface area contributed by atoms with Crippen molar-refractivity contribution in [3.8, 4) is 0 Å². The molecule has 0 aromatic rings. The zero-order valence-corrected chi connectivity index (χ0v) is 12.9. The van der Waals surface area contributed by atoms with Gasteiger partial charge in [0.05, 0.1) is 0 Å². The van der Waals surface area contributed by atoms with Crippen LogP contribution < -0.4 is 0 Å². The molecule has 1 fully saturated rings. The van der Waals surface area contributed by atoms with E-state index in [-0.39, 0.29) is 0 Å².